The van der Waals surface area contributed by atoms with Crippen LogP contribution in [0.15, 0.2) is 35.2 Å². The average Bonchev–Trinajstić information content (AvgIpc) is 3.00. The fraction of sp³-hybridized carbons (Fsp3) is 0.435. The molecule has 2 fully saturated rings. The molecule has 1 heterocycles. The van der Waals surface area contributed by atoms with Crippen LogP contribution in [0.2, 0.25) is 5.02 Å². The highest BCUT2D eigenvalue weighted by molar-refractivity contribution is 7.92. The van der Waals surface area contributed by atoms with E-state index in [0.717, 1.165) is 55.4 Å². The number of halogens is 2. The van der Waals surface area contributed by atoms with E-state index in [0.29, 0.717) is 19.0 Å². The second-order valence-corrected chi connectivity index (χ2v) is 10.7. The lowest BCUT2D eigenvalue weighted by Gasteiger charge is -2.38. The quantitative estimate of drug-likeness (QED) is 0.688. The molecule has 2 aliphatic carbocycles. The number of fused-ring (bicyclic) bond motifs is 2. The molecule has 0 bridgehead atoms. The van der Waals surface area contributed by atoms with Crippen LogP contribution in [0.4, 0.5) is 10.1 Å². The van der Waals surface area contributed by atoms with Gasteiger partial charge < -0.3 is 9.47 Å². The number of rotatable bonds is 5. The number of ether oxygens (including phenoxy) is 2. The van der Waals surface area contributed by atoms with Crippen LogP contribution in [0.3, 0.4) is 0 Å². The molecule has 3 aliphatic rings. The van der Waals surface area contributed by atoms with Crippen molar-refractivity contribution in [2.24, 2.45) is 0 Å². The number of sulfonamides is 1. The van der Waals surface area contributed by atoms with Crippen molar-refractivity contribution in [1.82, 2.24) is 0 Å². The Morgan fingerprint density at radius 3 is 2.56 bits per heavy atom. The predicted octanol–water partition coefficient (Wildman–Crippen LogP) is 4.38. The lowest BCUT2D eigenvalue weighted by atomic mass is 9.64. The van der Waals surface area contributed by atoms with Gasteiger partial charge in [0.05, 0.1) is 24.3 Å². The molecule has 0 atom stereocenters. The maximum absolute atomic E-state index is 14.3. The van der Waals surface area contributed by atoms with E-state index < -0.39 is 26.2 Å². The smallest absolute Gasteiger partial charge is 0.264 e. The molecular weight excluding hydrogens is 457 g/mol. The third-order valence-electron chi connectivity index (χ3n) is 6.70. The van der Waals surface area contributed by atoms with Gasteiger partial charge in [0, 0.05) is 35.9 Å². The van der Waals surface area contributed by atoms with Crippen molar-refractivity contribution in [1.29, 1.82) is 0 Å². The van der Waals surface area contributed by atoms with Gasteiger partial charge in [-0.15, -0.1) is 0 Å². The number of hydrogen-bond acceptors (Lipinski definition) is 5. The maximum Gasteiger partial charge on any atom is 0.264 e. The number of nitrogens with one attached hydrogen (secondary N) is 1. The molecule has 2 aromatic rings. The van der Waals surface area contributed by atoms with Crippen molar-refractivity contribution >= 4 is 33.1 Å². The molecule has 5 rings (SSSR count). The topological polar surface area (TPSA) is 81.7 Å². The van der Waals surface area contributed by atoms with Crippen LogP contribution in [0, 0.1) is 5.82 Å². The zero-order chi connectivity index (χ0) is 22.5. The van der Waals surface area contributed by atoms with Gasteiger partial charge in [-0.2, -0.15) is 0 Å². The molecule has 9 heteroatoms. The minimum atomic E-state index is -4.21. The maximum atomic E-state index is 14.3. The molecule has 1 aliphatic heterocycles. The second kappa shape index (κ2) is 8.01. The summed E-state index contributed by atoms with van der Waals surface area (Å²) in [5, 5.41) is 0.108. The summed E-state index contributed by atoms with van der Waals surface area (Å²) in [5.74, 6) is -0.268. The van der Waals surface area contributed by atoms with Gasteiger partial charge in [-0.25, -0.2) is 12.8 Å². The third kappa shape index (κ3) is 3.68. The van der Waals surface area contributed by atoms with Crippen LogP contribution >= 0.6 is 11.6 Å². The molecule has 0 unspecified atom stereocenters. The van der Waals surface area contributed by atoms with E-state index in [4.69, 9.17) is 21.1 Å². The van der Waals surface area contributed by atoms with Gasteiger partial charge in [-0.1, -0.05) is 18.0 Å². The normalized spacial score (nSPS) is 20.1. The number of carbonyl (C=O) groups is 1. The van der Waals surface area contributed by atoms with Crippen LogP contribution < -0.4 is 9.46 Å². The highest BCUT2D eigenvalue weighted by Gasteiger charge is 2.51. The van der Waals surface area contributed by atoms with E-state index in [1.54, 1.807) is 12.1 Å². The Morgan fingerprint density at radius 1 is 1.16 bits per heavy atom. The molecule has 1 saturated carbocycles. The van der Waals surface area contributed by atoms with Gasteiger partial charge in [-0.05, 0) is 42.7 Å². The first-order valence-corrected chi connectivity index (χ1v) is 12.6. The molecule has 0 aromatic heterocycles. The van der Waals surface area contributed by atoms with Gasteiger partial charge in [0.2, 0.25) is 0 Å². The Hall–Kier alpha value is -2.16. The van der Waals surface area contributed by atoms with Crippen LogP contribution in [-0.4, -0.2) is 33.5 Å². The second-order valence-electron chi connectivity index (χ2n) is 8.65. The number of carbonyl (C=O) groups excluding carboxylic acids is 1. The van der Waals surface area contributed by atoms with Crippen molar-refractivity contribution in [3.05, 3.63) is 52.3 Å². The Bertz CT molecular complexity index is 1190. The van der Waals surface area contributed by atoms with Gasteiger partial charge in [0.1, 0.15) is 28.3 Å². The molecule has 32 heavy (non-hydrogen) atoms. The third-order valence-corrected chi connectivity index (χ3v) is 8.35. The lowest BCUT2D eigenvalue weighted by Crippen LogP contribution is -2.39. The van der Waals surface area contributed by atoms with Gasteiger partial charge in [-0.3, -0.25) is 9.52 Å². The molecule has 0 amide bonds. The summed E-state index contributed by atoms with van der Waals surface area (Å²) in [6.45, 7) is 1.19. The monoisotopic (exact) mass is 479 g/mol. The molecule has 0 radical (unpaired) electrons. The van der Waals surface area contributed by atoms with E-state index in [2.05, 4.69) is 4.72 Å². The van der Waals surface area contributed by atoms with Gasteiger partial charge >= 0.3 is 0 Å². The highest BCUT2D eigenvalue weighted by atomic mass is 35.5. The zero-order valence-electron chi connectivity index (χ0n) is 17.3. The average molecular weight is 480 g/mol. The molecular formula is C23H23ClFNO5S. The lowest BCUT2D eigenvalue weighted by molar-refractivity contribution is -0.125. The molecule has 2 aromatic carbocycles. The minimum Gasteiger partial charge on any atom is -0.490 e. The molecule has 1 N–H and O–H groups in total. The summed E-state index contributed by atoms with van der Waals surface area (Å²) >= 11 is 5.76. The van der Waals surface area contributed by atoms with E-state index in [9.17, 15) is 17.6 Å². The Balaban J connectivity index is 1.54. The summed E-state index contributed by atoms with van der Waals surface area (Å²) in [6.07, 6.45) is 4.11. The van der Waals surface area contributed by atoms with Crippen molar-refractivity contribution in [2.75, 3.05) is 17.9 Å². The van der Waals surface area contributed by atoms with Crippen LogP contribution in [0.25, 0.3) is 0 Å². The van der Waals surface area contributed by atoms with Crippen molar-refractivity contribution in [3.63, 3.8) is 0 Å². The molecule has 6 nitrogen and oxygen atoms in total. The van der Waals surface area contributed by atoms with Crippen molar-refractivity contribution < 1.29 is 27.1 Å². The summed E-state index contributed by atoms with van der Waals surface area (Å²) < 4.78 is 54.3. The summed E-state index contributed by atoms with van der Waals surface area (Å²) in [7, 11) is -4.21. The predicted molar refractivity (Wildman–Crippen MR) is 117 cm³/mol. The Kier molecular flexibility index (Phi) is 5.42. The summed E-state index contributed by atoms with van der Waals surface area (Å²) in [4.78, 5) is 12.4. The number of anilines is 1. The number of benzene rings is 2. The number of hydrogen-bond donors (Lipinski definition) is 1. The molecule has 1 saturated heterocycles. The largest absolute Gasteiger partial charge is 0.490 e. The Morgan fingerprint density at radius 2 is 1.91 bits per heavy atom. The fourth-order valence-electron chi connectivity index (χ4n) is 4.85. The van der Waals surface area contributed by atoms with Gasteiger partial charge in [0.25, 0.3) is 10.0 Å². The van der Waals surface area contributed by atoms with E-state index in [-0.39, 0.29) is 29.0 Å². The van der Waals surface area contributed by atoms with Crippen molar-refractivity contribution in [2.45, 2.75) is 54.9 Å². The number of ketones is 1. The van der Waals surface area contributed by atoms with E-state index >= 15 is 0 Å². The summed E-state index contributed by atoms with van der Waals surface area (Å²) in [5.41, 5.74) is 1.35. The molecule has 170 valence electrons. The van der Waals surface area contributed by atoms with E-state index in [1.807, 2.05) is 0 Å². The first kappa shape index (κ1) is 21.7. The Labute approximate surface area is 191 Å². The minimum absolute atomic E-state index is 0.0681. The van der Waals surface area contributed by atoms with Crippen molar-refractivity contribution in [3.8, 4) is 5.75 Å². The fourth-order valence-corrected chi connectivity index (χ4v) is 6.11. The first-order valence-electron chi connectivity index (χ1n) is 10.7. The van der Waals surface area contributed by atoms with Crippen LogP contribution in [0.1, 0.15) is 43.2 Å². The zero-order valence-corrected chi connectivity index (χ0v) is 18.9. The SMILES string of the molecule is O=C1Cc2c(OC3CCOCC3)cc(NS(=O)(=O)c3ccc(Cl)cc3F)cc2C12CCC2. The van der Waals surface area contributed by atoms with Crippen LogP contribution in [-0.2, 0) is 31.4 Å². The standard InChI is InChI=1S/C23H23ClFNO5S/c24-14-2-3-21(19(25)10-14)32(28,29)26-15-11-18-17(13-22(27)23(18)6-1-7-23)20(12-15)31-16-4-8-30-9-5-16/h2-3,10-12,16,26H,1,4-9,13H2. The number of Topliss-reactive ketones (excluding diaryl/α,β-unsaturated/α-hetero) is 1. The molecule has 1 spiro atoms. The first-order chi connectivity index (χ1) is 15.3. The summed E-state index contributed by atoms with van der Waals surface area (Å²) in [6, 6.07) is 6.72. The highest BCUT2D eigenvalue weighted by Crippen LogP contribution is 2.53. The van der Waals surface area contributed by atoms with Gasteiger partial charge in [0.15, 0.2) is 0 Å². The van der Waals surface area contributed by atoms with Crippen LogP contribution in [0.5, 0.6) is 5.75 Å². The van der Waals surface area contributed by atoms with E-state index in [1.165, 1.54) is 6.07 Å².